The Balaban J connectivity index is 1.19. The highest BCUT2D eigenvalue weighted by atomic mass is 16.3. The lowest BCUT2D eigenvalue weighted by atomic mass is 9.91. The number of aromatic nitrogens is 3. The van der Waals surface area contributed by atoms with Crippen molar-refractivity contribution >= 4 is 54.3 Å². The lowest BCUT2D eigenvalue weighted by Crippen LogP contribution is -2.01. The van der Waals surface area contributed by atoms with Gasteiger partial charge in [-0.05, 0) is 67.7 Å². The molecule has 4 nitrogen and oxygen atoms in total. The lowest BCUT2D eigenvalue weighted by Gasteiger charge is -2.14. The highest BCUT2D eigenvalue weighted by Crippen LogP contribution is 2.41. The summed E-state index contributed by atoms with van der Waals surface area (Å²) in [4.78, 5) is 15.2. The summed E-state index contributed by atoms with van der Waals surface area (Å²) in [6, 6.07) is 56.9. The summed E-state index contributed by atoms with van der Waals surface area (Å²) < 4.78 is 6.23. The number of para-hydroxylation sites is 1. The van der Waals surface area contributed by atoms with Crippen LogP contribution in [0, 0.1) is 0 Å². The molecule has 0 aliphatic heterocycles. The van der Waals surface area contributed by atoms with E-state index in [9.17, 15) is 0 Å². The van der Waals surface area contributed by atoms with Crippen LogP contribution in [0.3, 0.4) is 0 Å². The molecule has 0 unspecified atom stereocenters. The number of fused-ring (bicyclic) bond motifs is 7. The van der Waals surface area contributed by atoms with Crippen LogP contribution in [0.2, 0.25) is 0 Å². The summed E-state index contributed by atoms with van der Waals surface area (Å²) in [5.74, 6) is 1.93. The van der Waals surface area contributed by atoms with Gasteiger partial charge in [0.05, 0.1) is 0 Å². The molecular weight excluding hydrogens is 599 g/mol. The molecule has 228 valence electrons. The molecule has 0 saturated carbocycles. The van der Waals surface area contributed by atoms with Crippen LogP contribution in [0.25, 0.3) is 99.5 Å². The number of benzene rings is 8. The fourth-order valence-corrected chi connectivity index (χ4v) is 7.22. The van der Waals surface area contributed by atoms with E-state index in [0.29, 0.717) is 17.5 Å². The Bertz CT molecular complexity index is 2890. The third kappa shape index (κ3) is 4.49. The van der Waals surface area contributed by atoms with E-state index >= 15 is 0 Å². The predicted molar refractivity (Wildman–Crippen MR) is 201 cm³/mol. The Labute approximate surface area is 282 Å². The lowest BCUT2D eigenvalue weighted by molar-refractivity contribution is 0.669. The first kappa shape index (κ1) is 27.5. The smallest absolute Gasteiger partial charge is 0.164 e. The molecule has 0 bridgehead atoms. The zero-order chi connectivity index (χ0) is 32.3. The van der Waals surface area contributed by atoms with Gasteiger partial charge < -0.3 is 4.42 Å². The van der Waals surface area contributed by atoms with E-state index < -0.39 is 0 Å². The summed E-state index contributed by atoms with van der Waals surface area (Å²) in [5, 5.41) is 9.19. The van der Waals surface area contributed by atoms with E-state index in [0.717, 1.165) is 60.4 Å². The number of hydrogen-bond donors (Lipinski definition) is 0. The third-order valence-electron chi connectivity index (χ3n) is 9.53. The first-order chi connectivity index (χ1) is 24.3. The molecule has 0 saturated heterocycles. The Hall–Kier alpha value is -6.65. The highest BCUT2D eigenvalue weighted by Gasteiger charge is 2.18. The van der Waals surface area contributed by atoms with Crippen LogP contribution in [0.1, 0.15) is 0 Å². The van der Waals surface area contributed by atoms with Gasteiger partial charge in [0.1, 0.15) is 11.2 Å². The van der Waals surface area contributed by atoms with Gasteiger partial charge in [0.2, 0.25) is 0 Å². The fraction of sp³-hybridized carbons (Fsp3) is 0. The molecule has 4 heteroatoms. The number of furan rings is 1. The monoisotopic (exact) mass is 625 g/mol. The zero-order valence-electron chi connectivity index (χ0n) is 26.3. The number of hydrogen-bond acceptors (Lipinski definition) is 4. The van der Waals surface area contributed by atoms with Crippen molar-refractivity contribution in [1.29, 1.82) is 0 Å². The first-order valence-electron chi connectivity index (χ1n) is 16.4. The fourth-order valence-electron chi connectivity index (χ4n) is 7.22. The van der Waals surface area contributed by atoms with E-state index in [1.807, 2.05) is 42.5 Å². The van der Waals surface area contributed by atoms with Crippen LogP contribution in [0.15, 0.2) is 168 Å². The summed E-state index contributed by atoms with van der Waals surface area (Å²) in [6.07, 6.45) is 0. The van der Waals surface area contributed by atoms with Crippen molar-refractivity contribution in [3.05, 3.63) is 164 Å². The van der Waals surface area contributed by atoms with Crippen LogP contribution < -0.4 is 0 Å². The summed E-state index contributed by atoms with van der Waals surface area (Å²) in [7, 11) is 0. The average molecular weight is 626 g/mol. The van der Waals surface area contributed by atoms with Crippen molar-refractivity contribution in [2.75, 3.05) is 0 Å². The van der Waals surface area contributed by atoms with Crippen molar-refractivity contribution in [3.63, 3.8) is 0 Å². The topological polar surface area (TPSA) is 51.8 Å². The van der Waals surface area contributed by atoms with Crippen LogP contribution in [-0.4, -0.2) is 15.0 Å². The molecule has 49 heavy (non-hydrogen) atoms. The van der Waals surface area contributed by atoms with Gasteiger partial charge >= 0.3 is 0 Å². The predicted octanol–water partition coefficient (Wildman–Crippen LogP) is 11.9. The first-order valence-corrected chi connectivity index (χ1v) is 16.4. The SMILES string of the molecule is c1ccc(-c2nc(-c3ccc4ccccc4c3)nc(-c3ccc(-c4cccc5c4ccc4oc6ccccc6c45)c4ccccc34)n2)cc1. The van der Waals surface area contributed by atoms with Gasteiger partial charge in [0, 0.05) is 27.5 Å². The van der Waals surface area contributed by atoms with Gasteiger partial charge in [0.25, 0.3) is 0 Å². The normalized spacial score (nSPS) is 11.7. The quantitative estimate of drug-likeness (QED) is 0.195. The molecule has 10 aromatic rings. The molecule has 0 amide bonds. The molecule has 0 aliphatic carbocycles. The van der Waals surface area contributed by atoms with Gasteiger partial charge in [-0.3, -0.25) is 0 Å². The maximum Gasteiger partial charge on any atom is 0.164 e. The largest absolute Gasteiger partial charge is 0.456 e. The Kier molecular flexibility index (Phi) is 6.15. The summed E-state index contributed by atoms with van der Waals surface area (Å²) in [6.45, 7) is 0. The molecule has 0 N–H and O–H groups in total. The molecular formula is C45H27N3O. The highest BCUT2D eigenvalue weighted by molar-refractivity contribution is 6.22. The Morgan fingerprint density at radius 3 is 1.80 bits per heavy atom. The molecule has 8 aromatic carbocycles. The van der Waals surface area contributed by atoms with Crippen molar-refractivity contribution in [2.24, 2.45) is 0 Å². The van der Waals surface area contributed by atoms with Gasteiger partial charge in [0.15, 0.2) is 17.5 Å². The van der Waals surface area contributed by atoms with Gasteiger partial charge in [-0.25, -0.2) is 15.0 Å². The van der Waals surface area contributed by atoms with E-state index in [2.05, 4.69) is 121 Å². The molecule has 0 spiro atoms. The van der Waals surface area contributed by atoms with Crippen LogP contribution in [0.4, 0.5) is 0 Å². The number of nitrogens with zero attached hydrogens (tertiary/aromatic N) is 3. The maximum absolute atomic E-state index is 6.23. The minimum absolute atomic E-state index is 0.643. The second-order valence-corrected chi connectivity index (χ2v) is 12.4. The Morgan fingerprint density at radius 2 is 0.939 bits per heavy atom. The third-order valence-corrected chi connectivity index (χ3v) is 9.53. The Morgan fingerprint density at radius 1 is 0.327 bits per heavy atom. The van der Waals surface area contributed by atoms with Gasteiger partial charge in [-0.1, -0.05) is 140 Å². The van der Waals surface area contributed by atoms with Gasteiger partial charge in [-0.2, -0.15) is 0 Å². The van der Waals surface area contributed by atoms with Crippen LogP contribution in [0.5, 0.6) is 0 Å². The molecule has 0 atom stereocenters. The number of rotatable bonds is 4. The average Bonchev–Trinajstić information content (AvgIpc) is 3.57. The van der Waals surface area contributed by atoms with E-state index in [1.165, 1.54) is 21.7 Å². The second-order valence-electron chi connectivity index (χ2n) is 12.4. The van der Waals surface area contributed by atoms with Crippen molar-refractivity contribution < 1.29 is 4.42 Å². The van der Waals surface area contributed by atoms with E-state index in [4.69, 9.17) is 19.4 Å². The minimum Gasteiger partial charge on any atom is -0.456 e. The molecule has 0 aliphatic rings. The van der Waals surface area contributed by atoms with Crippen molar-refractivity contribution in [2.45, 2.75) is 0 Å². The molecule has 0 radical (unpaired) electrons. The molecule has 2 heterocycles. The van der Waals surface area contributed by atoms with Gasteiger partial charge in [-0.15, -0.1) is 0 Å². The van der Waals surface area contributed by atoms with E-state index in [-0.39, 0.29) is 0 Å². The van der Waals surface area contributed by atoms with Crippen molar-refractivity contribution in [1.82, 2.24) is 15.0 Å². The van der Waals surface area contributed by atoms with Crippen molar-refractivity contribution in [3.8, 4) is 45.3 Å². The van der Waals surface area contributed by atoms with Crippen LogP contribution >= 0.6 is 0 Å². The maximum atomic E-state index is 6.23. The van der Waals surface area contributed by atoms with Crippen LogP contribution in [-0.2, 0) is 0 Å². The standard InChI is InChI=1S/C45H27N3O/c1-2-12-29(13-3-1)43-46-44(31-22-21-28-11-4-5-14-30(28)27-31)48-45(47-43)38-24-23-35(32-15-6-7-16-34(32)38)33-18-10-19-37-36(33)25-26-41-42(37)39-17-8-9-20-40(39)49-41/h1-27H. The molecule has 0 fully saturated rings. The second kappa shape index (κ2) is 11.0. The summed E-state index contributed by atoms with van der Waals surface area (Å²) >= 11 is 0. The zero-order valence-corrected chi connectivity index (χ0v) is 26.3. The molecule has 10 rings (SSSR count). The molecule has 2 aromatic heterocycles. The minimum atomic E-state index is 0.643. The van der Waals surface area contributed by atoms with E-state index in [1.54, 1.807) is 0 Å². The summed E-state index contributed by atoms with van der Waals surface area (Å²) in [5.41, 5.74) is 6.99.